The number of thioether (sulfide) groups is 1. The van der Waals surface area contributed by atoms with E-state index in [-0.39, 0.29) is 0 Å². The highest BCUT2D eigenvalue weighted by molar-refractivity contribution is 9.11. The molecular weight excluding hydrogens is 256 g/mol. The van der Waals surface area contributed by atoms with Crippen LogP contribution in [0.5, 0.6) is 0 Å². The van der Waals surface area contributed by atoms with Gasteiger partial charge in [0.05, 0.1) is 0 Å². The second-order valence-electron chi connectivity index (χ2n) is 3.53. The average molecular weight is 279 g/mol. The van der Waals surface area contributed by atoms with Gasteiger partial charge in [-0.05, 0) is 29.9 Å². The molecule has 0 aromatic carbocycles. The Balaban J connectivity index is 4.04. The van der Waals surface area contributed by atoms with E-state index in [1.165, 1.54) is 48.8 Å². The van der Waals surface area contributed by atoms with E-state index in [0.29, 0.717) is 0 Å². The first-order valence-electron chi connectivity index (χ1n) is 5.76. The molecule has 14 heavy (non-hydrogen) atoms. The zero-order valence-electron chi connectivity index (χ0n) is 9.74. The SMILES string of the molecule is CCCCS/C(CCC)=C(/Br)CCC. The maximum atomic E-state index is 3.72. The summed E-state index contributed by atoms with van der Waals surface area (Å²) < 4.78 is 1.45. The fourth-order valence-corrected chi connectivity index (χ4v) is 3.44. The van der Waals surface area contributed by atoms with E-state index < -0.39 is 0 Å². The Morgan fingerprint density at radius 1 is 1.00 bits per heavy atom. The van der Waals surface area contributed by atoms with Gasteiger partial charge in [-0.2, -0.15) is 0 Å². The lowest BCUT2D eigenvalue weighted by atomic mass is 10.2. The van der Waals surface area contributed by atoms with Gasteiger partial charge in [0.1, 0.15) is 0 Å². The van der Waals surface area contributed by atoms with Gasteiger partial charge in [-0.25, -0.2) is 0 Å². The van der Waals surface area contributed by atoms with Crippen LogP contribution in [0.15, 0.2) is 9.39 Å². The van der Waals surface area contributed by atoms with Crippen LogP contribution >= 0.6 is 27.7 Å². The zero-order valence-corrected chi connectivity index (χ0v) is 12.1. The molecule has 0 radical (unpaired) electrons. The number of rotatable bonds is 8. The number of unbranched alkanes of at least 4 members (excludes halogenated alkanes) is 1. The maximum Gasteiger partial charge on any atom is 0.00455 e. The predicted octanol–water partition coefficient (Wildman–Crippen LogP) is 5.73. The van der Waals surface area contributed by atoms with E-state index in [9.17, 15) is 0 Å². The lowest BCUT2D eigenvalue weighted by Crippen LogP contribution is -1.86. The summed E-state index contributed by atoms with van der Waals surface area (Å²) in [5.74, 6) is 1.28. The molecule has 0 fully saturated rings. The van der Waals surface area contributed by atoms with Crippen LogP contribution in [0, 0.1) is 0 Å². The summed E-state index contributed by atoms with van der Waals surface area (Å²) in [4.78, 5) is 1.59. The second-order valence-corrected chi connectivity index (χ2v) is 5.68. The molecule has 84 valence electrons. The van der Waals surface area contributed by atoms with Crippen molar-refractivity contribution in [3.8, 4) is 0 Å². The van der Waals surface area contributed by atoms with Gasteiger partial charge in [-0.15, -0.1) is 11.8 Å². The van der Waals surface area contributed by atoms with Gasteiger partial charge in [0.15, 0.2) is 0 Å². The lowest BCUT2D eigenvalue weighted by Gasteiger charge is -2.09. The van der Waals surface area contributed by atoms with Crippen LogP contribution in [-0.4, -0.2) is 5.75 Å². The zero-order chi connectivity index (χ0) is 10.8. The normalized spacial score (nSPS) is 12.9. The van der Waals surface area contributed by atoms with Gasteiger partial charge in [-0.1, -0.05) is 56.0 Å². The van der Waals surface area contributed by atoms with Gasteiger partial charge >= 0.3 is 0 Å². The van der Waals surface area contributed by atoms with Crippen molar-refractivity contribution in [1.29, 1.82) is 0 Å². The Labute approximate surface area is 102 Å². The summed E-state index contributed by atoms with van der Waals surface area (Å²) in [6.07, 6.45) is 7.58. The van der Waals surface area contributed by atoms with Crippen molar-refractivity contribution in [2.75, 3.05) is 5.75 Å². The van der Waals surface area contributed by atoms with E-state index >= 15 is 0 Å². The monoisotopic (exact) mass is 278 g/mol. The van der Waals surface area contributed by atoms with Gasteiger partial charge in [0, 0.05) is 4.48 Å². The van der Waals surface area contributed by atoms with Crippen LogP contribution in [0.25, 0.3) is 0 Å². The van der Waals surface area contributed by atoms with E-state index in [0.717, 1.165) is 0 Å². The van der Waals surface area contributed by atoms with E-state index in [4.69, 9.17) is 0 Å². The quantitative estimate of drug-likeness (QED) is 0.511. The molecule has 0 nitrogen and oxygen atoms in total. The Morgan fingerprint density at radius 2 is 1.64 bits per heavy atom. The van der Waals surface area contributed by atoms with Crippen molar-refractivity contribution in [2.24, 2.45) is 0 Å². The third-order valence-electron chi connectivity index (χ3n) is 2.02. The Morgan fingerprint density at radius 3 is 2.14 bits per heavy atom. The molecule has 0 bridgehead atoms. The number of hydrogen-bond donors (Lipinski definition) is 0. The minimum absolute atomic E-state index is 1.20. The molecule has 0 aromatic heterocycles. The van der Waals surface area contributed by atoms with E-state index in [1.54, 1.807) is 4.91 Å². The standard InChI is InChI=1S/C12H23BrS/c1-4-7-10-14-12(9-6-3)11(13)8-5-2/h4-10H2,1-3H3/b12-11+. The highest BCUT2D eigenvalue weighted by Crippen LogP contribution is 2.31. The minimum atomic E-state index is 1.20. The average Bonchev–Trinajstić information content (AvgIpc) is 2.17. The van der Waals surface area contributed by atoms with Crippen LogP contribution in [0.3, 0.4) is 0 Å². The predicted molar refractivity (Wildman–Crippen MR) is 73.1 cm³/mol. The topological polar surface area (TPSA) is 0 Å². The summed E-state index contributed by atoms with van der Waals surface area (Å²) >= 11 is 5.77. The third kappa shape index (κ3) is 6.94. The molecule has 0 saturated carbocycles. The number of allylic oxidation sites excluding steroid dienone is 2. The summed E-state index contributed by atoms with van der Waals surface area (Å²) in [5.41, 5.74) is 0. The van der Waals surface area contributed by atoms with Crippen molar-refractivity contribution < 1.29 is 0 Å². The molecule has 2 heteroatoms. The second kappa shape index (κ2) is 10.1. The van der Waals surface area contributed by atoms with Crippen molar-refractivity contribution in [3.05, 3.63) is 9.39 Å². The third-order valence-corrected chi connectivity index (χ3v) is 4.45. The van der Waals surface area contributed by atoms with E-state index in [1.807, 2.05) is 0 Å². The first-order valence-corrected chi connectivity index (χ1v) is 7.54. The van der Waals surface area contributed by atoms with Gasteiger partial charge in [-0.3, -0.25) is 0 Å². The molecule has 0 heterocycles. The molecule has 0 aliphatic carbocycles. The van der Waals surface area contributed by atoms with Crippen LogP contribution in [-0.2, 0) is 0 Å². The van der Waals surface area contributed by atoms with Crippen molar-refractivity contribution in [3.63, 3.8) is 0 Å². The summed E-state index contributed by atoms with van der Waals surface area (Å²) in [6, 6.07) is 0. The fourth-order valence-electron chi connectivity index (χ4n) is 1.21. The molecule has 0 aliphatic heterocycles. The minimum Gasteiger partial charge on any atom is -0.130 e. The highest BCUT2D eigenvalue weighted by Gasteiger charge is 2.03. The van der Waals surface area contributed by atoms with Crippen molar-refractivity contribution in [1.82, 2.24) is 0 Å². The Bertz CT molecular complexity index is 164. The molecule has 0 aliphatic rings. The summed E-state index contributed by atoms with van der Waals surface area (Å²) in [7, 11) is 0. The summed E-state index contributed by atoms with van der Waals surface area (Å²) in [6.45, 7) is 6.75. The molecule has 0 rings (SSSR count). The van der Waals surface area contributed by atoms with E-state index in [2.05, 4.69) is 48.5 Å². The van der Waals surface area contributed by atoms with Crippen LogP contribution in [0.4, 0.5) is 0 Å². The van der Waals surface area contributed by atoms with Crippen molar-refractivity contribution >= 4 is 27.7 Å². The molecular formula is C12H23BrS. The molecule has 0 unspecified atom stereocenters. The lowest BCUT2D eigenvalue weighted by molar-refractivity contribution is 0.888. The largest absolute Gasteiger partial charge is 0.130 e. The van der Waals surface area contributed by atoms with Crippen LogP contribution in [0.2, 0.25) is 0 Å². The Kier molecular flexibility index (Phi) is 10.5. The molecule has 0 aromatic rings. The molecule has 0 saturated heterocycles. The van der Waals surface area contributed by atoms with Gasteiger partial charge in [0.25, 0.3) is 0 Å². The maximum absolute atomic E-state index is 3.72. The van der Waals surface area contributed by atoms with Crippen LogP contribution < -0.4 is 0 Å². The van der Waals surface area contributed by atoms with Gasteiger partial charge < -0.3 is 0 Å². The smallest absolute Gasteiger partial charge is 0.00455 e. The molecule has 0 N–H and O–H groups in total. The first-order chi connectivity index (χ1) is 6.76. The van der Waals surface area contributed by atoms with Gasteiger partial charge in [0.2, 0.25) is 0 Å². The fraction of sp³-hybridized carbons (Fsp3) is 0.833. The van der Waals surface area contributed by atoms with Crippen molar-refractivity contribution in [2.45, 2.75) is 59.3 Å². The molecule has 0 spiro atoms. The summed E-state index contributed by atoms with van der Waals surface area (Å²) in [5, 5.41) is 0. The Hall–Kier alpha value is 0.570. The highest BCUT2D eigenvalue weighted by atomic mass is 79.9. The van der Waals surface area contributed by atoms with Crippen LogP contribution in [0.1, 0.15) is 59.3 Å². The molecule has 0 atom stereocenters. The number of halogens is 1. The first kappa shape index (κ1) is 14.6. The molecule has 0 amide bonds. The number of hydrogen-bond acceptors (Lipinski definition) is 1.